The molecule has 0 nitrogen and oxygen atoms in total. The van der Waals surface area contributed by atoms with Gasteiger partial charge in [-0.15, -0.1) is 0 Å². The molecule has 0 atom stereocenters. The molecule has 0 rings (SSSR count). The van der Waals surface area contributed by atoms with Crippen molar-refractivity contribution < 1.29 is 13.3 Å². The van der Waals surface area contributed by atoms with E-state index >= 15 is 0 Å². The van der Waals surface area contributed by atoms with Crippen molar-refractivity contribution in [3.05, 3.63) is 0 Å². The fraction of sp³-hybridized carbons (Fsp3) is 0. The Bertz CT molecular complexity index is 3.25. The molecule has 0 amide bonds. The van der Waals surface area contributed by atoms with Gasteiger partial charge in [0, 0.05) is 0 Å². The second-order valence-corrected chi connectivity index (χ2v) is 16.3. The number of rotatable bonds is 0. The summed E-state index contributed by atoms with van der Waals surface area (Å²) in [6, 6.07) is 0. The molecule has 0 saturated carbocycles. The maximum atomic E-state index is 2.39. The topological polar surface area (TPSA) is 0 Å². The molecule has 0 aromatic rings. The minimum atomic E-state index is 0. The van der Waals surface area contributed by atoms with Gasteiger partial charge in [0.1, 0.15) is 0 Å². The molecule has 0 spiro atoms. The van der Waals surface area contributed by atoms with E-state index in [0.717, 1.165) is 0 Å². The van der Waals surface area contributed by atoms with E-state index in [1.54, 1.807) is 0 Å². The van der Waals surface area contributed by atoms with Crippen LogP contribution >= 0.6 is 37.2 Å². The van der Waals surface area contributed by atoms with E-state index in [4.69, 9.17) is 0 Å². The molecular weight excluding hydrogens is 408 g/mol. The zero-order chi connectivity index (χ0) is 2.71. The molecule has 0 aliphatic carbocycles. The second-order valence-electron chi connectivity index (χ2n) is 0.0540. The third-order valence-corrected chi connectivity index (χ3v) is 0. The van der Waals surface area contributed by atoms with Gasteiger partial charge in [-0.3, -0.25) is 0 Å². The maximum absolute atomic E-state index is 2.39. The Morgan fingerprint density at radius 1 is 1.25 bits per heavy atom. The first-order valence-corrected chi connectivity index (χ1v) is 12.9. The summed E-state index contributed by atoms with van der Waals surface area (Å²) < 4.78 is 0. The normalized spacial score (nSPS) is 5.50. The average molecular weight is 411 g/mol. The van der Waals surface area contributed by atoms with E-state index in [1.165, 1.54) is 0 Å². The molecule has 4 heteroatoms. The molecule has 0 N–H and O–H groups in total. The van der Waals surface area contributed by atoms with E-state index < -0.39 is 0 Å². The van der Waals surface area contributed by atoms with Crippen LogP contribution < -0.4 is 13.3 Å². The zero-order valence-corrected chi connectivity index (χ0v) is 7.61. The van der Waals surface area contributed by atoms with Crippen molar-refractivity contribution in [3.63, 3.8) is 0 Å². The Hall–Kier alpha value is 2.72. The maximum Gasteiger partial charge on any atom is 0.187 e. The van der Waals surface area contributed by atoms with E-state index in [9.17, 15) is 0 Å². The van der Waals surface area contributed by atoms with Gasteiger partial charge in [-0.05, 0) is 0 Å². The van der Waals surface area contributed by atoms with Gasteiger partial charge in [-0.2, -0.15) is 0 Å². The van der Waals surface area contributed by atoms with Crippen LogP contribution in [0.2, 0.25) is 0 Å². The summed E-state index contributed by atoms with van der Waals surface area (Å²) in [6.07, 6.45) is 0. The number of hydrogen-bond donors (Lipinski definition) is 0. The van der Waals surface area contributed by atoms with Gasteiger partial charge in [0.25, 0.3) is 0 Å². The molecule has 0 radical (unpaired) electrons. The predicted octanol–water partition coefficient (Wildman–Crippen LogP) is -2.41. The monoisotopic (exact) mass is 411 g/mol. The molecule has 0 aromatic carbocycles. The summed E-state index contributed by atoms with van der Waals surface area (Å²) in [5, 5.41) is 0. The third-order valence-electron chi connectivity index (χ3n) is 0. The molecule has 0 aromatic heterocycles. The van der Waals surface area contributed by atoms with Gasteiger partial charge < -0.3 is 0 Å². The van der Waals surface area contributed by atoms with E-state index in [0.29, 0.717) is 13.3 Å². The van der Waals surface area contributed by atoms with Gasteiger partial charge in [0.2, 0.25) is 0 Å². The van der Waals surface area contributed by atoms with Crippen LogP contribution in [0.15, 0.2) is 0 Å². The number of hydrogen-bond acceptors (Lipinski definition) is 0. The Labute approximate surface area is 66.2 Å². The van der Waals surface area contributed by atoms with Crippen LogP contribution in [-0.2, 0) is 0 Å². The molecule has 0 bridgehead atoms. The Kier molecular flexibility index (Phi) is 22.7. The second kappa shape index (κ2) is 9.21. The smallest absolute Gasteiger partial charge is 0.187 e. The van der Waals surface area contributed by atoms with Gasteiger partial charge in [-0.1, -0.05) is 0 Å². The summed E-state index contributed by atoms with van der Waals surface area (Å²) in [4.78, 5) is 0. The first-order valence-electron chi connectivity index (χ1n) is 0.286. The summed E-state index contributed by atoms with van der Waals surface area (Å²) in [6.45, 7) is 0. The van der Waals surface area contributed by atoms with Crippen LogP contribution in [0, 0.1) is 0 Å². The van der Waals surface area contributed by atoms with Gasteiger partial charge in [0.15, 0.2) is 17.4 Å². The Balaban J connectivity index is 0. The summed E-state index contributed by atoms with van der Waals surface area (Å²) >= 11 is 5.30. The van der Waals surface area contributed by atoms with Gasteiger partial charge in [0.05, 0.1) is 0 Å². The van der Waals surface area contributed by atoms with Crippen molar-refractivity contribution in [2.75, 3.05) is 0 Å². The van der Waals surface area contributed by atoms with Crippen molar-refractivity contribution in [2.24, 2.45) is 0 Å². The summed E-state index contributed by atoms with van der Waals surface area (Å²) in [5.41, 5.74) is 0. The molecule has 0 fully saturated rings. The molecule has 0 unspecified atom stereocenters. The molecule has 0 aliphatic rings. The SMILES string of the molecule is I[I-]I.[AlH3]. The largest absolute Gasteiger partial charge is 0.187 e. The third kappa shape index (κ3) is 8.83. The van der Waals surface area contributed by atoms with Crippen molar-refractivity contribution in [1.29, 1.82) is 0 Å². The summed E-state index contributed by atoms with van der Waals surface area (Å²) in [5.74, 6) is 0. The van der Waals surface area contributed by atoms with Crippen LogP contribution in [0.4, 0.5) is 0 Å². The molecule has 28 valence electrons. The van der Waals surface area contributed by atoms with Crippen molar-refractivity contribution in [3.8, 4) is 0 Å². The van der Waals surface area contributed by atoms with Crippen molar-refractivity contribution in [1.82, 2.24) is 0 Å². The van der Waals surface area contributed by atoms with Crippen LogP contribution in [0.25, 0.3) is 0 Å². The van der Waals surface area contributed by atoms with Crippen LogP contribution in [0.3, 0.4) is 0 Å². The molecule has 4 heavy (non-hydrogen) atoms. The van der Waals surface area contributed by atoms with E-state index in [-0.39, 0.29) is 17.4 Å². The minimum absolute atomic E-state index is 0. The van der Waals surface area contributed by atoms with Crippen molar-refractivity contribution in [2.45, 2.75) is 0 Å². The molecule has 0 saturated heterocycles. The van der Waals surface area contributed by atoms with E-state index in [1.807, 2.05) is 0 Å². The van der Waals surface area contributed by atoms with Crippen LogP contribution in [-0.4, -0.2) is 17.4 Å². The Morgan fingerprint density at radius 3 is 1.25 bits per heavy atom. The van der Waals surface area contributed by atoms with Gasteiger partial charge >= 0.3 is 50.5 Å². The van der Waals surface area contributed by atoms with Crippen molar-refractivity contribution >= 4 is 54.6 Å². The zero-order valence-electron chi connectivity index (χ0n) is 1.13. The van der Waals surface area contributed by atoms with Crippen LogP contribution in [0.1, 0.15) is 0 Å². The first-order chi connectivity index (χ1) is 1.41. The van der Waals surface area contributed by atoms with Gasteiger partial charge in [-0.25, -0.2) is 0 Å². The van der Waals surface area contributed by atoms with Crippen LogP contribution in [0.5, 0.6) is 0 Å². The summed E-state index contributed by atoms with van der Waals surface area (Å²) in [7, 11) is 0. The Morgan fingerprint density at radius 2 is 1.25 bits per heavy atom. The molecular formula is H3AlI3-. The predicted molar refractivity (Wildman–Crippen MR) is 38.0 cm³/mol. The van der Waals surface area contributed by atoms with E-state index in [2.05, 4.69) is 37.2 Å². The molecule has 0 aliphatic heterocycles. The minimum Gasteiger partial charge on any atom is 0.187 e. The number of halogens is 3. The quantitative estimate of drug-likeness (QED) is 0.308. The fourth-order valence-corrected chi connectivity index (χ4v) is 0. The molecule has 0 heterocycles. The average Bonchev–Trinajstić information content (AvgIpc) is 0.918. The standard InChI is InChI=1S/Al.I3.3H/c;1-3-2;;;/q;-1;;;. The fourth-order valence-electron chi connectivity index (χ4n) is 0. The first kappa shape index (κ1) is 9.87.